The van der Waals surface area contributed by atoms with Crippen LogP contribution in [-0.2, 0) is 9.59 Å². The Morgan fingerprint density at radius 1 is 1.29 bits per heavy atom. The van der Waals surface area contributed by atoms with Crippen LogP contribution in [0.25, 0.3) is 0 Å². The second kappa shape index (κ2) is 6.85. The van der Waals surface area contributed by atoms with Gasteiger partial charge in [0.1, 0.15) is 0 Å². The van der Waals surface area contributed by atoms with E-state index in [0.29, 0.717) is 18.5 Å². The number of imide groups is 1. The topological polar surface area (TPSA) is 49.4 Å². The van der Waals surface area contributed by atoms with Crippen molar-refractivity contribution in [1.82, 2.24) is 5.32 Å². The predicted octanol–water partition coefficient (Wildman–Crippen LogP) is 3.04. The van der Waals surface area contributed by atoms with Gasteiger partial charge in [-0.2, -0.15) is 0 Å². The normalized spacial score (nSPS) is 18.1. The summed E-state index contributed by atoms with van der Waals surface area (Å²) >= 11 is 0. The average Bonchev–Trinajstić information content (AvgIpc) is 2.44. The highest BCUT2D eigenvalue weighted by atomic mass is 16.2. The molecule has 0 bridgehead atoms. The zero-order chi connectivity index (χ0) is 15.4. The van der Waals surface area contributed by atoms with Gasteiger partial charge in [-0.05, 0) is 43.5 Å². The van der Waals surface area contributed by atoms with Crippen LogP contribution in [0.2, 0.25) is 0 Å². The summed E-state index contributed by atoms with van der Waals surface area (Å²) in [6.07, 6.45) is 1.96. The Balaban J connectivity index is 2.20. The van der Waals surface area contributed by atoms with E-state index in [1.54, 1.807) is 0 Å². The maximum atomic E-state index is 12.2. The lowest BCUT2D eigenvalue weighted by Crippen LogP contribution is -2.42. The van der Waals surface area contributed by atoms with Crippen molar-refractivity contribution in [2.45, 2.75) is 46.1 Å². The Hall–Kier alpha value is -1.68. The van der Waals surface area contributed by atoms with Gasteiger partial charge in [-0.1, -0.05) is 26.0 Å². The molecule has 4 heteroatoms. The molecule has 0 aliphatic carbocycles. The first-order chi connectivity index (χ1) is 10.0. The second-order valence-electron chi connectivity index (χ2n) is 5.91. The smallest absolute Gasteiger partial charge is 0.234 e. The highest BCUT2D eigenvalue weighted by Crippen LogP contribution is 2.27. The van der Waals surface area contributed by atoms with E-state index in [1.165, 1.54) is 4.90 Å². The summed E-state index contributed by atoms with van der Waals surface area (Å²) in [5, 5.41) is 3.42. The molecule has 0 saturated carbocycles. The molecule has 1 aromatic rings. The van der Waals surface area contributed by atoms with Crippen LogP contribution in [0, 0.1) is 5.92 Å². The molecule has 4 nitrogen and oxygen atoms in total. The van der Waals surface area contributed by atoms with Crippen molar-refractivity contribution in [1.29, 1.82) is 0 Å². The monoisotopic (exact) mass is 288 g/mol. The number of carbonyl (C=O) groups excluding carboxylic acids is 2. The van der Waals surface area contributed by atoms with Crippen LogP contribution < -0.4 is 10.2 Å². The number of hydrogen-bond donors (Lipinski definition) is 1. The number of carbonyl (C=O) groups is 2. The number of benzene rings is 1. The van der Waals surface area contributed by atoms with Gasteiger partial charge in [0.2, 0.25) is 11.8 Å². The zero-order valence-corrected chi connectivity index (χ0v) is 13.1. The first kappa shape index (κ1) is 15.7. The molecule has 114 valence electrons. The fourth-order valence-electron chi connectivity index (χ4n) is 2.69. The van der Waals surface area contributed by atoms with Gasteiger partial charge >= 0.3 is 0 Å². The molecule has 1 heterocycles. The molecule has 0 radical (unpaired) electrons. The highest BCUT2D eigenvalue weighted by molar-refractivity contribution is 6.16. The summed E-state index contributed by atoms with van der Waals surface area (Å²) in [4.78, 5) is 25.7. The van der Waals surface area contributed by atoms with E-state index in [1.807, 2.05) is 31.2 Å². The number of anilines is 1. The van der Waals surface area contributed by atoms with Crippen LogP contribution >= 0.6 is 0 Å². The van der Waals surface area contributed by atoms with Crippen LogP contribution in [0.5, 0.6) is 0 Å². The number of hydrogen-bond acceptors (Lipinski definition) is 3. The fraction of sp³-hybridized carbons (Fsp3) is 0.529. The maximum Gasteiger partial charge on any atom is 0.234 e. The van der Waals surface area contributed by atoms with Gasteiger partial charge < -0.3 is 5.32 Å². The fourth-order valence-corrected chi connectivity index (χ4v) is 2.69. The van der Waals surface area contributed by atoms with Gasteiger partial charge in [0.15, 0.2) is 0 Å². The summed E-state index contributed by atoms with van der Waals surface area (Å²) in [6.45, 7) is 7.11. The zero-order valence-electron chi connectivity index (χ0n) is 13.1. The molecule has 21 heavy (non-hydrogen) atoms. The summed E-state index contributed by atoms with van der Waals surface area (Å²) < 4.78 is 0. The number of rotatable bonds is 5. The van der Waals surface area contributed by atoms with E-state index in [2.05, 4.69) is 19.2 Å². The number of amides is 2. The van der Waals surface area contributed by atoms with Gasteiger partial charge in [-0.3, -0.25) is 14.5 Å². The summed E-state index contributed by atoms with van der Waals surface area (Å²) in [5.41, 5.74) is 1.79. The van der Waals surface area contributed by atoms with Crippen LogP contribution in [-0.4, -0.2) is 18.4 Å². The molecule has 1 saturated heterocycles. The minimum Gasteiger partial charge on any atom is -0.310 e. The second-order valence-corrected chi connectivity index (χ2v) is 5.91. The molecule has 1 aliphatic heterocycles. The van der Waals surface area contributed by atoms with Crippen molar-refractivity contribution in [3.05, 3.63) is 29.8 Å². The van der Waals surface area contributed by atoms with E-state index in [9.17, 15) is 9.59 Å². The number of nitrogens with zero attached hydrogens (tertiary/aromatic N) is 1. The van der Waals surface area contributed by atoms with Crippen LogP contribution in [0.4, 0.5) is 5.69 Å². The average molecular weight is 288 g/mol. The lowest BCUT2D eigenvalue weighted by molar-refractivity contribution is -0.130. The van der Waals surface area contributed by atoms with Crippen molar-refractivity contribution >= 4 is 17.5 Å². The van der Waals surface area contributed by atoms with Gasteiger partial charge in [-0.15, -0.1) is 0 Å². The third-order valence-electron chi connectivity index (χ3n) is 3.87. The first-order valence-electron chi connectivity index (χ1n) is 7.72. The van der Waals surface area contributed by atoms with Crippen molar-refractivity contribution in [3.63, 3.8) is 0 Å². The minimum absolute atomic E-state index is 0.0925. The molecular weight excluding hydrogens is 264 g/mol. The van der Waals surface area contributed by atoms with Crippen LogP contribution in [0.15, 0.2) is 24.3 Å². The molecule has 1 fully saturated rings. The third-order valence-corrected chi connectivity index (χ3v) is 3.87. The van der Waals surface area contributed by atoms with E-state index in [4.69, 9.17) is 0 Å². The molecule has 0 aromatic heterocycles. The minimum atomic E-state index is -0.0925. The van der Waals surface area contributed by atoms with Crippen LogP contribution in [0.3, 0.4) is 0 Å². The standard InChI is InChI=1S/C17H24N2O2/c1-4-8-18-13(3)14-6-5-7-15(11-14)19-16(20)9-12(2)10-17(19)21/h5-7,11-13,18H,4,8-10H2,1-3H3. The van der Waals surface area contributed by atoms with Gasteiger partial charge in [0.25, 0.3) is 0 Å². The summed E-state index contributed by atoms with van der Waals surface area (Å²) in [6, 6.07) is 7.92. The van der Waals surface area contributed by atoms with E-state index in [-0.39, 0.29) is 23.8 Å². The molecule has 1 aliphatic rings. The predicted molar refractivity (Wildman–Crippen MR) is 84.0 cm³/mol. The van der Waals surface area contributed by atoms with E-state index in [0.717, 1.165) is 18.5 Å². The Labute approximate surface area is 126 Å². The molecule has 2 amide bonds. The largest absolute Gasteiger partial charge is 0.310 e. The lowest BCUT2D eigenvalue weighted by Gasteiger charge is -2.29. The third kappa shape index (κ3) is 3.70. The van der Waals surface area contributed by atoms with E-state index < -0.39 is 0 Å². The molecule has 2 rings (SSSR count). The summed E-state index contributed by atoms with van der Waals surface area (Å²) in [7, 11) is 0. The Morgan fingerprint density at radius 2 is 1.95 bits per heavy atom. The molecule has 1 unspecified atom stereocenters. The molecule has 1 atom stereocenters. The molecule has 0 spiro atoms. The summed E-state index contributed by atoms with van der Waals surface area (Å²) in [5.74, 6) is -0.0373. The quantitative estimate of drug-likeness (QED) is 0.847. The van der Waals surface area contributed by atoms with Gasteiger partial charge in [0, 0.05) is 18.9 Å². The van der Waals surface area contributed by atoms with Crippen molar-refractivity contribution < 1.29 is 9.59 Å². The highest BCUT2D eigenvalue weighted by Gasteiger charge is 2.31. The van der Waals surface area contributed by atoms with Crippen LogP contribution in [0.1, 0.15) is 51.6 Å². The Bertz CT molecular complexity index is 509. The van der Waals surface area contributed by atoms with E-state index >= 15 is 0 Å². The van der Waals surface area contributed by atoms with Crippen molar-refractivity contribution in [2.24, 2.45) is 5.92 Å². The van der Waals surface area contributed by atoms with Crippen molar-refractivity contribution in [3.8, 4) is 0 Å². The van der Waals surface area contributed by atoms with Gasteiger partial charge in [0.05, 0.1) is 5.69 Å². The lowest BCUT2D eigenvalue weighted by atomic mass is 9.97. The molecule has 1 N–H and O–H groups in total. The number of nitrogens with one attached hydrogen (secondary N) is 1. The SMILES string of the molecule is CCCNC(C)c1cccc(N2C(=O)CC(C)CC2=O)c1. The molecular formula is C17H24N2O2. The van der Waals surface area contributed by atoms with Gasteiger partial charge in [-0.25, -0.2) is 0 Å². The first-order valence-corrected chi connectivity index (χ1v) is 7.72. The molecule has 1 aromatic carbocycles. The number of piperidine rings is 1. The maximum absolute atomic E-state index is 12.2. The Kier molecular flexibility index (Phi) is 5.12. The van der Waals surface area contributed by atoms with Crippen molar-refractivity contribution in [2.75, 3.05) is 11.4 Å². The Morgan fingerprint density at radius 3 is 2.57 bits per heavy atom.